The Balaban J connectivity index is 1.61. The molecule has 11 atom stereocenters. The van der Waals surface area contributed by atoms with Crippen molar-refractivity contribution in [2.45, 2.75) is 55.2 Å². The lowest BCUT2D eigenvalue weighted by Gasteiger charge is -2.39. The zero-order valence-corrected chi connectivity index (χ0v) is 19.6. The van der Waals surface area contributed by atoms with Gasteiger partial charge in [-0.3, -0.25) is 23.4 Å². The molecule has 0 amide bonds. The number of phosphoric acid groups is 2. The van der Waals surface area contributed by atoms with Crippen molar-refractivity contribution in [1.82, 2.24) is 9.55 Å². The summed E-state index contributed by atoms with van der Waals surface area (Å²) in [6.07, 6.45) is -15.4. The van der Waals surface area contributed by atoms with Crippen LogP contribution in [0.4, 0.5) is 0 Å². The van der Waals surface area contributed by atoms with Crippen molar-refractivity contribution < 1.29 is 72.4 Å². The lowest BCUT2D eigenvalue weighted by Crippen LogP contribution is -2.58. The highest BCUT2D eigenvalue weighted by Crippen LogP contribution is 2.61. The van der Waals surface area contributed by atoms with E-state index < -0.39 is 95.4 Å². The Morgan fingerprint density at radius 1 is 0.917 bits per heavy atom. The van der Waals surface area contributed by atoms with Crippen LogP contribution in [0, 0.1) is 0 Å². The van der Waals surface area contributed by atoms with Crippen LogP contribution in [0.3, 0.4) is 0 Å². The van der Waals surface area contributed by atoms with E-state index in [-0.39, 0.29) is 0 Å². The molecule has 21 heteroatoms. The summed E-state index contributed by atoms with van der Waals surface area (Å²) in [5.41, 5.74) is -1.75. The van der Waals surface area contributed by atoms with Gasteiger partial charge >= 0.3 is 21.3 Å². The van der Waals surface area contributed by atoms with Gasteiger partial charge < -0.3 is 49.9 Å². The van der Waals surface area contributed by atoms with Crippen LogP contribution in [0.2, 0.25) is 0 Å². The standard InChI is InChI=1S/C15H24N2O17P2/c18-3-5-8(20)10(22)12(24)14(32-5)33-36(28,29)34-35(26,27)30-4-6-9(21)11(23)13(31-6)17-2-1-7(19)16-15(17)25/h1-2,5-6,8-14,18,20-24H,3-4H2,(H,26,27)(H,28,29)(H,16,19,25)/t5?,6-,8-,9+,10+,11?,12?,13-,14-/m1/s1. The third-order valence-corrected chi connectivity index (χ3v) is 7.76. The predicted octanol–water partition coefficient (Wildman–Crippen LogP) is -4.79. The number of aliphatic hydroxyl groups is 6. The molecule has 0 bridgehead atoms. The molecule has 2 aliphatic heterocycles. The Morgan fingerprint density at radius 2 is 1.56 bits per heavy atom. The summed E-state index contributed by atoms with van der Waals surface area (Å²) >= 11 is 0. The maximum atomic E-state index is 12.2. The van der Waals surface area contributed by atoms with E-state index in [1.807, 2.05) is 4.98 Å². The van der Waals surface area contributed by atoms with E-state index in [1.54, 1.807) is 0 Å². The van der Waals surface area contributed by atoms with Gasteiger partial charge in [0.05, 0.1) is 13.2 Å². The van der Waals surface area contributed by atoms with Crippen molar-refractivity contribution in [3.8, 4) is 0 Å². The van der Waals surface area contributed by atoms with Gasteiger partial charge in [0.25, 0.3) is 5.56 Å². The van der Waals surface area contributed by atoms with Crippen LogP contribution in [0.15, 0.2) is 21.9 Å². The topological polar surface area (TPSA) is 297 Å². The Labute approximate surface area is 199 Å². The minimum Gasteiger partial charge on any atom is -0.394 e. The van der Waals surface area contributed by atoms with Crippen molar-refractivity contribution in [1.29, 1.82) is 0 Å². The highest BCUT2D eigenvalue weighted by atomic mass is 31.3. The van der Waals surface area contributed by atoms with Crippen LogP contribution in [0.5, 0.6) is 0 Å². The van der Waals surface area contributed by atoms with Gasteiger partial charge in [0.15, 0.2) is 12.5 Å². The monoisotopic (exact) mass is 566 g/mol. The molecule has 36 heavy (non-hydrogen) atoms. The molecule has 2 fully saturated rings. The SMILES string of the molecule is O=c1ccn([C@@H]2O[C@H](COP(=O)(O)OP(=O)(O)O[C@H]3OC(CO)[C@@H](O)[C@H](O)C3O)[C@H](O)C2O)c(=O)[nH]1. The first-order valence-electron chi connectivity index (χ1n) is 9.99. The second-order valence-corrected chi connectivity index (χ2v) is 10.7. The van der Waals surface area contributed by atoms with Crippen LogP contribution in [-0.2, 0) is 32.0 Å². The zero-order valence-electron chi connectivity index (χ0n) is 17.9. The summed E-state index contributed by atoms with van der Waals surface area (Å²) in [5.74, 6) is 0. The smallest absolute Gasteiger partial charge is 0.394 e. The van der Waals surface area contributed by atoms with Crippen molar-refractivity contribution in [3.63, 3.8) is 0 Å². The number of aromatic amines is 1. The summed E-state index contributed by atoms with van der Waals surface area (Å²) < 4.78 is 48.1. The van der Waals surface area contributed by atoms with Gasteiger partial charge in [-0.15, -0.1) is 0 Å². The summed E-state index contributed by atoms with van der Waals surface area (Å²) in [4.78, 5) is 44.5. The van der Waals surface area contributed by atoms with Crippen molar-refractivity contribution in [2.75, 3.05) is 13.2 Å². The third kappa shape index (κ3) is 6.54. The molecule has 1 aromatic rings. The van der Waals surface area contributed by atoms with Crippen molar-refractivity contribution in [3.05, 3.63) is 33.1 Å². The first-order valence-corrected chi connectivity index (χ1v) is 13.0. The molecule has 9 N–H and O–H groups in total. The Morgan fingerprint density at radius 3 is 2.17 bits per heavy atom. The number of rotatable bonds is 9. The van der Waals surface area contributed by atoms with Crippen LogP contribution in [0.1, 0.15) is 6.23 Å². The fourth-order valence-corrected chi connectivity index (χ4v) is 5.51. The van der Waals surface area contributed by atoms with Gasteiger partial charge in [0.1, 0.15) is 42.7 Å². The Kier molecular flexibility index (Phi) is 9.05. The molecule has 5 unspecified atom stereocenters. The van der Waals surface area contributed by atoms with Gasteiger partial charge in [-0.05, 0) is 0 Å². The van der Waals surface area contributed by atoms with Crippen LogP contribution >= 0.6 is 15.6 Å². The third-order valence-electron chi connectivity index (χ3n) is 5.16. The Bertz CT molecular complexity index is 1120. The van der Waals surface area contributed by atoms with E-state index in [4.69, 9.17) is 14.6 Å². The van der Waals surface area contributed by atoms with Crippen molar-refractivity contribution in [2.24, 2.45) is 0 Å². The molecule has 0 aliphatic carbocycles. The average Bonchev–Trinajstić information content (AvgIpc) is 3.06. The molecule has 206 valence electrons. The summed E-state index contributed by atoms with van der Waals surface area (Å²) in [7, 11) is -11.1. The largest absolute Gasteiger partial charge is 0.483 e. The van der Waals surface area contributed by atoms with E-state index in [0.29, 0.717) is 0 Å². The summed E-state index contributed by atoms with van der Waals surface area (Å²) in [5, 5.41) is 58.6. The number of H-pyrrole nitrogens is 1. The minimum atomic E-state index is -5.59. The maximum Gasteiger partial charge on any atom is 0.483 e. The quantitative estimate of drug-likeness (QED) is 0.127. The molecule has 0 saturated carbocycles. The molecule has 2 aliphatic rings. The fourth-order valence-electron chi connectivity index (χ4n) is 3.35. The van der Waals surface area contributed by atoms with Gasteiger partial charge in [-0.2, -0.15) is 4.31 Å². The number of nitrogens with one attached hydrogen (secondary N) is 1. The van der Waals surface area contributed by atoms with E-state index in [0.717, 1.165) is 16.8 Å². The van der Waals surface area contributed by atoms with E-state index in [2.05, 4.69) is 13.4 Å². The number of aliphatic hydroxyl groups excluding tert-OH is 6. The maximum absolute atomic E-state index is 12.2. The van der Waals surface area contributed by atoms with Crippen molar-refractivity contribution >= 4 is 15.6 Å². The van der Waals surface area contributed by atoms with E-state index in [9.17, 15) is 54.0 Å². The number of phosphoric ester groups is 2. The fraction of sp³-hybridized carbons (Fsp3) is 0.733. The number of hydrogen-bond donors (Lipinski definition) is 9. The van der Waals surface area contributed by atoms with Gasteiger partial charge in [-0.1, -0.05) is 0 Å². The summed E-state index contributed by atoms with van der Waals surface area (Å²) in [6, 6.07) is 0.928. The first-order chi connectivity index (χ1) is 16.7. The van der Waals surface area contributed by atoms with Crippen LogP contribution in [0.25, 0.3) is 0 Å². The van der Waals surface area contributed by atoms with Gasteiger partial charge in [0.2, 0.25) is 0 Å². The second-order valence-electron chi connectivity index (χ2n) is 7.68. The molecular formula is C15H24N2O17P2. The molecular weight excluding hydrogens is 542 g/mol. The molecule has 0 radical (unpaired) electrons. The van der Waals surface area contributed by atoms with Gasteiger partial charge in [-0.25, -0.2) is 13.9 Å². The number of nitrogens with zero attached hydrogens (tertiary/aromatic N) is 1. The molecule has 3 heterocycles. The number of ether oxygens (including phenoxy) is 2. The molecule has 3 rings (SSSR count). The van der Waals surface area contributed by atoms with Crippen LogP contribution in [-0.4, -0.2) is 112 Å². The zero-order chi connectivity index (χ0) is 27.0. The Hall–Kier alpha value is -1.38. The average molecular weight is 566 g/mol. The second kappa shape index (κ2) is 11.2. The molecule has 0 spiro atoms. The number of aromatic nitrogens is 2. The van der Waals surface area contributed by atoms with E-state index in [1.165, 1.54) is 0 Å². The highest BCUT2D eigenvalue weighted by Gasteiger charge is 2.49. The minimum absolute atomic E-state index is 0.723. The molecule has 0 aromatic carbocycles. The summed E-state index contributed by atoms with van der Waals surface area (Å²) in [6.45, 7) is -1.93. The molecule has 2 saturated heterocycles. The normalized spacial score (nSPS) is 38.4. The lowest BCUT2D eigenvalue weighted by molar-refractivity contribution is -0.280. The molecule has 1 aromatic heterocycles. The highest BCUT2D eigenvalue weighted by molar-refractivity contribution is 7.61. The first kappa shape index (κ1) is 29.2. The number of hydrogen-bond acceptors (Lipinski definition) is 15. The van der Waals surface area contributed by atoms with Gasteiger partial charge in [0, 0.05) is 12.3 Å². The predicted molar refractivity (Wildman–Crippen MR) is 109 cm³/mol. The lowest BCUT2D eigenvalue weighted by atomic mass is 10.00. The van der Waals surface area contributed by atoms with E-state index >= 15 is 0 Å². The van der Waals surface area contributed by atoms with Crippen LogP contribution < -0.4 is 11.2 Å². The molecule has 19 nitrogen and oxygen atoms in total.